The van der Waals surface area contributed by atoms with Crippen molar-refractivity contribution in [1.82, 2.24) is 10.3 Å². The van der Waals surface area contributed by atoms with Crippen LogP contribution >= 0.6 is 0 Å². The summed E-state index contributed by atoms with van der Waals surface area (Å²) in [5.74, 6) is -0.376. The fourth-order valence-electron chi connectivity index (χ4n) is 1.86. The van der Waals surface area contributed by atoms with E-state index < -0.39 is 5.97 Å². The summed E-state index contributed by atoms with van der Waals surface area (Å²) in [6.07, 6.45) is 4.54. The molecule has 21 heavy (non-hydrogen) atoms. The average molecular weight is 286 g/mol. The van der Waals surface area contributed by atoms with Crippen LogP contribution in [0.15, 0.2) is 48.8 Å². The Bertz CT molecular complexity index is 573. The highest BCUT2D eigenvalue weighted by Crippen LogP contribution is 2.12. The Kier molecular flexibility index (Phi) is 5.72. The predicted molar refractivity (Wildman–Crippen MR) is 79.7 cm³/mol. The normalized spacial score (nSPS) is 10.3. The number of carboxylic acid groups (broad SMARTS) is 1. The molecule has 2 aromatic rings. The van der Waals surface area contributed by atoms with E-state index in [0.29, 0.717) is 18.9 Å². The zero-order valence-electron chi connectivity index (χ0n) is 11.7. The van der Waals surface area contributed by atoms with E-state index in [2.05, 4.69) is 10.3 Å². The third kappa shape index (κ3) is 5.24. The molecule has 0 spiro atoms. The fourth-order valence-corrected chi connectivity index (χ4v) is 1.86. The second-order valence-corrected chi connectivity index (χ2v) is 4.54. The summed E-state index contributed by atoms with van der Waals surface area (Å²) in [6, 6.07) is 10.5. The van der Waals surface area contributed by atoms with Gasteiger partial charge in [0.2, 0.25) is 0 Å². The number of aromatic carboxylic acids is 1. The van der Waals surface area contributed by atoms with Crippen molar-refractivity contribution >= 4 is 5.97 Å². The van der Waals surface area contributed by atoms with Gasteiger partial charge >= 0.3 is 5.97 Å². The van der Waals surface area contributed by atoms with Crippen LogP contribution in [0.3, 0.4) is 0 Å². The number of hydrogen-bond acceptors (Lipinski definition) is 4. The van der Waals surface area contributed by atoms with Crippen LogP contribution in [0.1, 0.15) is 15.9 Å². The zero-order chi connectivity index (χ0) is 14.9. The first-order valence-corrected chi connectivity index (χ1v) is 6.81. The Hall–Kier alpha value is -2.40. The van der Waals surface area contributed by atoms with Gasteiger partial charge in [-0.1, -0.05) is 12.1 Å². The van der Waals surface area contributed by atoms with Gasteiger partial charge in [-0.25, -0.2) is 4.79 Å². The Balaban J connectivity index is 1.64. The molecule has 0 fully saturated rings. The summed E-state index contributed by atoms with van der Waals surface area (Å²) in [7, 11) is 0. The molecule has 2 rings (SSSR count). The standard InChI is InChI=1S/C16H18N2O3/c19-16(20)14-4-1-5-15(11-14)21-10-9-17-8-6-13-3-2-7-18-12-13/h1-5,7,11-12,17H,6,8-10H2,(H,19,20). The average Bonchev–Trinajstić information content (AvgIpc) is 2.52. The maximum absolute atomic E-state index is 10.8. The third-order valence-corrected chi connectivity index (χ3v) is 2.94. The Morgan fingerprint density at radius 3 is 2.90 bits per heavy atom. The van der Waals surface area contributed by atoms with Crippen LogP contribution in [-0.2, 0) is 6.42 Å². The molecule has 0 bridgehead atoms. The number of benzene rings is 1. The van der Waals surface area contributed by atoms with Gasteiger partial charge in [-0.05, 0) is 42.8 Å². The quantitative estimate of drug-likeness (QED) is 0.726. The van der Waals surface area contributed by atoms with E-state index in [9.17, 15) is 4.79 Å². The van der Waals surface area contributed by atoms with Crippen molar-refractivity contribution in [2.45, 2.75) is 6.42 Å². The molecule has 0 saturated heterocycles. The van der Waals surface area contributed by atoms with Gasteiger partial charge in [0.25, 0.3) is 0 Å². The molecule has 0 radical (unpaired) electrons. The Morgan fingerprint density at radius 1 is 1.24 bits per heavy atom. The molecule has 5 heteroatoms. The van der Waals surface area contributed by atoms with Gasteiger partial charge in [0, 0.05) is 18.9 Å². The van der Waals surface area contributed by atoms with Gasteiger partial charge in [-0.2, -0.15) is 0 Å². The van der Waals surface area contributed by atoms with Gasteiger partial charge in [-0.3, -0.25) is 4.98 Å². The van der Waals surface area contributed by atoms with Gasteiger partial charge < -0.3 is 15.2 Å². The number of rotatable bonds is 8. The highest BCUT2D eigenvalue weighted by molar-refractivity contribution is 5.87. The number of carboxylic acids is 1. The molecule has 1 heterocycles. The first-order chi connectivity index (χ1) is 10.3. The fraction of sp³-hybridized carbons (Fsp3) is 0.250. The van der Waals surface area contributed by atoms with Crippen LogP contribution in [0.5, 0.6) is 5.75 Å². The summed E-state index contributed by atoms with van der Waals surface area (Å²) in [4.78, 5) is 14.9. The van der Waals surface area contributed by atoms with Crippen molar-refractivity contribution in [2.75, 3.05) is 19.7 Å². The highest BCUT2D eigenvalue weighted by Gasteiger charge is 2.03. The molecular weight excluding hydrogens is 268 g/mol. The zero-order valence-corrected chi connectivity index (χ0v) is 11.7. The second-order valence-electron chi connectivity index (χ2n) is 4.54. The molecule has 0 atom stereocenters. The summed E-state index contributed by atoms with van der Waals surface area (Å²) in [5, 5.41) is 12.2. The van der Waals surface area contributed by atoms with Crippen LogP contribution in [0.2, 0.25) is 0 Å². The van der Waals surface area contributed by atoms with Crippen molar-refractivity contribution in [3.05, 3.63) is 59.9 Å². The number of ether oxygens (including phenoxy) is 1. The van der Waals surface area contributed by atoms with Gasteiger partial charge in [0.05, 0.1) is 5.56 Å². The molecule has 1 aromatic carbocycles. The van der Waals surface area contributed by atoms with Gasteiger partial charge in [0.15, 0.2) is 0 Å². The Labute approximate surface area is 123 Å². The second kappa shape index (κ2) is 8.01. The van der Waals surface area contributed by atoms with Gasteiger partial charge in [-0.15, -0.1) is 0 Å². The summed E-state index contributed by atoms with van der Waals surface area (Å²) in [6.45, 7) is 2.05. The van der Waals surface area contributed by atoms with Crippen molar-refractivity contribution in [3.8, 4) is 5.75 Å². The van der Waals surface area contributed by atoms with E-state index in [0.717, 1.165) is 13.0 Å². The van der Waals surface area contributed by atoms with E-state index in [4.69, 9.17) is 9.84 Å². The topological polar surface area (TPSA) is 71.5 Å². The number of nitrogens with zero attached hydrogens (tertiary/aromatic N) is 1. The largest absolute Gasteiger partial charge is 0.492 e. The summed E-state index contributed by atoms with van der Waals surface area (Å²) in [5.41, 5.74) is 1.43. The lowest BCUT2D eigenvalue weighted by molar-refractivity contribution is 0.0696. The van der Waals surface area contributed by atoms with Crippen LogP contribution in [0.25, 0.3) is 0 Å². The lowest BCUT2D eigenvalue weighted by Gasteiger charge is -2.08. The molecule has 0 unspecified atom stereocenters. The molecule has 2 N–H and O–H groups in total. The molecule has 0 aliphatic rings. The van der Waals surface area contributed by atoms with E-state index >= 15 is 0 Å². The van der Waals surface area contributed by atoms with Gasteiger partial charge in [0.1, 0.15) is 12.4 Å². The van der Waals surface area contributed by atoms with Crippen molar-refractivity contribution in [1.29, 1.82) is 0 Å². The minimum Gasteiger partial charge on any atom is -0.492 e. The number of hydrogen-bond donors (Lipinski definition) is 2. The first kappa shape index (κ1) is 15.0. The highest BCUT2D eigenvalue weighted by atomic mass is 16.5. The monoisotopic (exact) mass is 286 g/mol. The van der Waals surface area contributed by atoms with Crippen LogP contribution < -0.4 is 10.1 Å². The molecule has 110 valence electrons. The SMILES string of the molecule is O=C(O)c1cccc(OCCNCCc2cccnc2)c1. The maximum Gasteiger partial charge on any atom is 0.335 e. The number of pyridine rings is 1. The first-order valence-electron chi connectivity index (χ1n) is 6.81. The number of aromatic nitrogens is 1. The minimum absolute atomic E-state index is 0.233. The molecular formula is C16H18N2O3. The molecule has 0 aliphatic carbocycles. The smallest absolute Gasteiger partial charge is 0.335 e. The number of nitrogens with one attached hydrogen (secondary N) is 1. The van der Waals surface area contributed by atoms with E-state index in [1.54, 1.807) is 24.4 Å². The van der Waals surface area contributed by atoms with Crippen molar-refractivity contribution in [2.24, 2.45) is 0 Å². The maximum atomic E-state index is 10.8. The van der Waals surface area contributed by atoms with Crippen molar-refractivity contribution in [3.63, 3.8) is 0 Å². The van der Waals surface area contributed by atoms with E-state index in [1.165, 1.54) is 11.6 Å². The van der Waals surface area contributed by atoms with E-state index in [-0.39, 0.29) is 5.56 Å². The molecule has 0 saturated carbocycles. The van der Waals surface area contributed by atoms with Crippen LogP contribution in [-0.4, -0.2) is 35.8 Å². The lowest BCUT2D eigenvalue weighted by Crippen LogP contribution is -2.23. The molecule has 1 aromatic heterocycles. The molecule has 5 nitrogen and oxygen atoms in total. The number of carbonyl (C=O) groups is 1. The minimum atomic E-state index is -0.949. The van der Waals surface area contributed by atoms with Crippen LogP contribution in [0, 0.1) is 0 Å². The predicted octanol–water partition coefficient (Wildman–Crippen LogP) is 1.99. The molecule has 0 aliphatic heterocycles. The summed E-state index contributed by atoms with van der Waals surface area (Å²) < 4.78 is 5.51. The van der Waals surface area contributed by atoms with E-state index in [1.807, 2.05) is 18.3 Å². The Morgan fingerprint density at radius 2 is 2.14 bits per heavy atom. The molecule has 0 amide bonds. The van der Waals surface area contributed by atoms with Crippen LogP contribution in [0.4, 0.5) is 0 Å². The lowest BCUT2D eigenvalue weighted by atomic mass is 10.2. The van der Waals surface area contributed by atoms with Crippen molar-refractivity contribution < 1.29 is 14.6 Å². The third-order valence-electron chi connectivity index (χ3n) is 2.94. The summed E-state index contributed by atoms with van der Waals surface area (Å²) >= 11 is 0.